The number of benzene rings is 2. The van der Waals surface area contributed by atoms with Gasteiger partial charge in [-0.3, -0.25) is 9.89 Å². The molecule has 4 rings (SSSR count). The van der Waals surface area contributed by atoms with Gasteiger partial charge in [0.25, 0.3) is 5.91 Å². The molecule has 0 spiro atoms. The van der Waals surface area contributed by atoms with E-state index in [-0.39, 0.29) is 17.4 Å². The standard InChI is InChI=1S/C22H22ClN3O4/c1-4-7-26-21(12-5-6-15(27)17(9-12)30-3)18-19(24-25-20(18)22(26)29)13-10-14(23)11(2)8-16(13)28/h5-6,8-10,21,27-28H,4,7H2,1-3H3,(H,24,25)/t21-/m1/s1. The van der Waals surface area contributed by atoms with E-state index in [1.165, 1.54) is 7.11 Å². The number of aromatic hydroxyl groups is 2. The highest BCUT2D eigenvalue weighted by atomic mass is 35.5. The Morgan fingerprint density at radius 1 is 1.23 bits per heavy atom. The number of aromatic amines is 1. The molecule has 7 nitrogen and oxygen atoms in total. The number of ether oxygens (including phenoxy) is 1. The van der Waals surface area contributed by atoms with Crippen molar-refractivity contribution in [1.29, 1.82) is 0 Å². The first-order chi connectivity index (χ1) is 14.4. The van der Waals surface area contributed by atoms with Gasteiger partial charge in [-0.15, -0.1) is 0 Å². The van der Waals surface area contributed by atoms with Crippen LogP contribution in [0.15, 0.2) is 30.3 Å². The van der Waals surface area contributed by atoms with Crippen LogP contribution in [0.3, 0.4) is 0 Å². The minimum atomic E-state index is -0.449. The van der Waals surface area contributed by atoms with Gasteiger partial charge in [-0.25, -0.2) is 0 Å². The third kappa shape index (κ3) is 3.06. The van der Waals surface area contributed by atoms with E-state index < -0.39 is 6.04 Å². The number of fused-ring (bicyclic) bond motifs is 1. The van der Waals surface area contributed by atoms with Crippen molar-refractivity contribution in [3.63, 3.8) is 0 Å². The second kappa shape index (κ2) is 7.57. The van der Waals surface area contributed by atoms with Gasteiger partial charge in [-0.1, -0.05) is 24.6 Å². The van der Waals surface area contributed by atoms with Crippen LogP contribution in [0.5, 0.6) is 17.2 Å². The average molecular weight is 428 g/mol. The summed E-state index contributed by atoms with van der Waals surface area (Å²) in [6, 6.07) is 7.80. The molecule has 0 radical (unpaired) electrons. The Bertz CT molecular complexity index is 1140. The van der Waals surface area contributed by atoms with E-state index in [1.807, 2.05) is 6.92 Å². The molecule has 1 aliphatic rings. The van der Waals surface area contributed by atoms with Crippen LogP contribution in [0.4, 0.5) is 0 Å². The van der Waals surface area contributed by atoms with Gasteiger partial charge < -0.3 is 19.8 Å². The Hall–Kier alpha value is -3.19. The normalized spacial score (nSPS) is 15.5. The second-order valence-electron chi connectivity index (χ2n) is 7.31. The number of nitrogens with zero attached hydrogens (tertiary/aromatic N) is 2. The summed E-state index contributed by atoms with van der Waals surface area (Å²) in [5.41, 5.74) is 3.47. The molecule has 0 unspecified atom stereocenters. The molecule has 1 aromatic heterocycles. The number of carbonyl (C=O) groups excluding carboxylic acids is 1. The number of hydrogen-bond donors (Lipinski definition) is 3. The van der Waals surface area contributed by atoms with E-state index in [1.54, 1.807) is 42.2 Å². The number of rotatable bonds is 5. The number of aromatic nitrogens is 2. The van der Waals surface area contributed by atoms with Crippen LogP contribution in [0.1, 0.15) is 46.6 Å². The number of carbonyl (C=O) groups is 1. The number of halogens is 1. The lowest BCUT2D eigenvalue weighted by molar-refractivity contribution is 0.0744. The van der Waals surface area contributed by atoms with E-state index in [9.17, 15) is 15.0 Å². The smallest absolute Gasteiger partial charge is 0.273 e. The lowest BCUT2D eigenvalue weighted by Crippen LogP contribution is -2.30. The molecule has 0 aliphatic carbocycles. The fraction of sp³-hybridized carbons (Fsp3) is 0.273. The fourth-order valence-corrected chi connectivity index (χ4v) is 4.10. The SMILES string of the molecule is CCCN1C(=O)c2[nH]nc(-c3cc(Cl)c(C)cc3O)c2[C@H]1c1ccc(O)c(OC)c1. The molecule has 2 aromatic carbocycles. The van der Waals surface area contributed by atoms with Gasteiger partial charge in [0.1, 0.15) is 17.1 Å². The van der Waals surface area contributed by atoms with Gasteiger partial charge in [0, 0.05) is 22.7 Å². The van der Waals surface area contributed by atoms with E-state index in [2.05, 4.69) is 10.2 Å². The maximum absolute atomic E-state index is 13.1. The molecule has 30 heavy (non-hydrogen) atoms. The largest absolute Gasteiger partial charge is 0.507 e. The number of phenolic OH excluding ortho intramolecular Hbond substituents is 2. The van der Waals surface area contributed by atoms with Crippen molar-refractivity contribution in [3.05, 3.63) is 57.7 Å². The topological polar surface area (TPSA) is 98.7 Å². The highest BCUT2D eigenvalue weighted by Gasteiger charge is 2.42. The molecular weight excluding hydrogens is 406 g/mol. The van der Waals surface area contributed by atoms with Crippen LogP contribution in [-0.2, 0) is 0 Å². The fourth-order valence-electron chi connectivity index (χ4n) is 3.94. The minimum absolute atomic E-state index is 0.0169. The number of aryl methyl sites for hydroxylation is 1. The highest BCUT2D eigenvalue weighted by Crippen LogP contribution is 2.46. The molecule has 8 heteroatoms. The first kappa shape index (κ1) is 20.1. The zero-order chi connectivity index (χ0) is 21.6. The molecule has 0 fully saturated rings. The lowest BCUT2D eigenvalue weighted by atomic mass is 9.95. The molecule has 1 atom stereocenters. The van der Waals surface area contributed by atoms with Crippen LogP contribution in [0.2, 0.25) is 5.02 Å². The van der Waals surface area contributed by atoms with Crippen LogP contribution in [-0.4, -0.2) is 44.9 Å². The molecule has 3 N–H and O–H groups in total. The summed E-state index contributed by atoms with van der Waals surface area (Å²) in [6.07, 6.45) is 0.770. The Balaban J connectivity index is 1.94. The number of phenols is 2. The Morgan fingerprint density at radius 2 is 2.00 bits per heavy atom. The molecule has 3 aromatic rings. The lowest BCUT2D eigenvalue weighted by Gasteiger charge is -2.26. The van der Waals surface area contributed by atoms with Gasteiger partial charge in [0.15, 0.2) is 11.5 Å². The predicted molar refractivity (Wildman–Crippen MR) is 113 cm³/mol. The van der Waals surface area contributed by atoms with Crippen molar-refractivity contribution < 1.29 is 19.7 Å². The van der Waals surface area contributed by atoms with E-state index in [0.717, 1.165) is 17.5 Å². The van der Waals surface area contributed by atoms with Gasteiger partial charge in [-0.2, -0.15) is 5.10 Å². The zero-order valence-corrected chi connectivity index (χ0v) is 17.6. The van der Waals surface area contributed by atoms with Crippen molar-refractivity contribution in [1.82, 2.24) is 15.1 Å². The monoisotopic (exact) mass is 427 g/mol. The van der Waals surface area contributed by atoms with E-state index in [4.69, 9.17) is 16.3 Å². The van der Waals surface area contributed by atoms with Crippen molar-refractivity contribution in [3.8, 4) is 28.5 Å². The summed E-state index contributed by atoms with van der Waals surface area (Å²) < 4.78 is 5.27. The van der Waals surface area contributed by atoms with E-state index in [0.29, 0.717) is 39.8 Å². The minimum Gasteiger partial charge on any atom is -0.507 e. The van der Waals surface area contributed by atoms with Crippen molar-refractivity contribution in [2.45, 2.75) is 26.3 Å². The Morgan fingerprint density at radius 3 is 2.70 bits per heavy atom. The molecule has 0 saturated carbocycles. The van der Waals surface area contributed by atoms with Crippen LogP contribution in [0, 0.1) is 6.92 Å². The number of nitrogens with one attached hydrogen (secondary N) is 1. The maximum atomic E-state index is 13.1. The van der Waals surface area contributed by atoms with E-state index >= 15 is 0 Å². The van der Waals surface area contributed by atoms with Crippen molar-refractivity contribution in [2.75, 3.05) is 13.7 Å². The Kier molecular flexibility index (Phi) is 5.07. The highest BCUT2D eigenvalue weighted by molar-refractivity contribution is 6.31. The molecule has 1 amide bonds. The van der Waals surface area contributed by atoms with Gasteiger partial charge in [-0.05, 0) is 48.7 Å². The molecule has 2 heterocycles. The number of methoxy groups -OCH3 is 1. The zero-order valence-electron chi connectivity index (χ0n) is 16.9. The van der Waals surface area contributed by atoms with Crippen molar-refractivity contribution >= 4 is 17.5 Å². The molecule has 156 valence electrons. The molecule has 0 bridgehead atoms. The molecule has 0 saturated heterocycles. The number of hydrogen-bond acceptors (Lipinski definition) is 5. The first-order valence-corrected chi connectivity index (χ1v) is 10.0. The summed E-state index contributed by atoms with van der Waals surface area (Å²) in [5, 5.41) is 28.3. The maximum Gasteiger partial charge on any atom is 0.273 e. The molecular formula is C22H22ClN3O4. The van der Waals surface area contributed by atoms with Crippen molar-refractivity contribution in [2.24, 2.45) is 0 Å². The average Bonchev–Trinajstić information content (AvgIpc) is 3.25. The Labute approximate surface area is 178 Å². The predicted octanol–water partition coefficient (Wildman–Crippen LogP) is 4.41. The number of amides is 1. The first-order valence-electron chi connectivity index (χ1n) is 9.63. The van der Waals surface area contributed by atoms with Crippen LogP contribution >= 0.6 is 11.6 Å². The van der Waals surface area contributed by atoms with Crippen LogP contribution in [0.25, 0.3) is 11.3 Å². The summed E-state index contributed by atoms with van der Waals surface area (Å²) >= 11 is 6.30. The summed E-state index contributed by atoms with van der Waals surface area (Å²) in [5.74, 6) is 0.203. The summed E-state index contributed by atoms with van der Waals surface area (Å²) in [7, 11) is 1.48. The molecule has 1 aliphatic heterocycles. The summed E-state index contributed by atoms with van der Waals surface area (Å²) in [6.45, 7) is 4.34. The van der Waals surface area contributed by atoms with Gasteiger partial charge in [0.2, 0.25) is 0 Å². The second-order valence-corrected chi connectivity index (χ2v) is 7.72. The van der Waals surface area contributed by atoms with Gasteiger partial charge >= 0.3 is 0 Å². The third-order valence-corrected chi connectivity index (χ3v) is 5.79. The number of H-pyrrole nitrogens is 1. The quantitative estimate of drug-likeness (QED) is 0.560. The van der Waals surface area contributed by atoms with Gasteiger partial charge in [0.05, 0.1) is 13.2 Å². The summed E-state index contributed by atoms with van der Waals surface area (Å²) in [4.78, 5) is 14.9. The third-order valence-electron chi connectivity index (χ3n) is 5.38. The van der Waals surface area contributed by atoms with Crippen LogP contribution < -0.4 is 4.74 Å².